The van der Waals surface area contributed by atoms with Crippen LogP contribution >= 0.6 is 0 Å². The molecule has 0 saturated heterocycles. The summed E-state index contributed by atoms with van der Waals surface area (Å²) in [5.74, 6) is -5.35. The van der Waals surface area contributed by atoms with Crippen molar-refractivity contribution in [3.05, 3.63) is 64.7 Å². The molecular weight excluding hydrogens is 559 g/mol. The molecule has 0 saturated carbocycles. The number of aryl methyl sites for hydroxylation is 2. The molecule has 0 atom stereocenters. The van der Waals surface area contributed by atoms with Gasteiger partial charge in [-0.05, 0) is 67.6 Å². The SMILES string of the molecule is CCc1ccc(C(=O)N2C(=O)CN(CCC(=O)O)C(=O)c3cc(CCCCCCN)ccc32)cc1.O=C(O)C(F)(F)F. The normalized spacial score (nSPS) is 13.2. The Morgan fingerprint density at radius 1 is 0.929 bits per heavy atom. The van der Waals surface area contributed by atoms with E-state index in [0.717, 1.165) is 54.6 Å². The van der Waals surface area contributed by atoms with Crippen LogP contribution in [0.1, 0.15) is 70.9 Å². The van der Waals surface area contributed by atoms with Crippen LogP contribution in [0.3, 0.4) is 0 Å². The van der Waals surface area contributed by atoms with Gasteiger partial charge in [0.15, 0.2) is 0 Å². The molecule has 228 valence electrons. The molecule has 4 N–H and O–H groups in total. The van der Waals surface area contributed by atoms with Crippen LogP contribution < -0.4 is 10.6 Å². The van der Waals surface area contributed by atoms with Crippen molar-refractivity contribution in [3.63, 3.8) is 0 Å². The van der Waals surface area contributed by atoms with E-state index in [-0.39, 0.29) is 30.8 Å². The first kappa shape index (κ1) is 33.9. The molecule has 3 amide bonds. The number of nitrogens with two attached hydrogens (primary N) is 1. The number of anilines is 1. The Morgan fingerprint density at radius 3 is 2.07 bits per heavy atom. The molecule has 0 radical (unpaired) electrons. The predicted molar refractivity (Wildman–Crippen MR) is 147 cm³/mol. The van der Waals surface area contributed by atoms with Crippen molar-refractivity contribution in [2.45, 2.75) is 58.0 Å². The number of fused-ring (bicyclic) bond motifs is 1. The molecule has 2 aromatic carbocycles. The Morgan fingerprint density at radius 2 is 1.52 bits per heavy atom. The van der Waals surface area contributed by atoms with Gasteiger partial charge in [0.2, 0.25) is 0 Å². The third kappa shape index (κ3) is 9.68. The molecule has 42 heavy (non-hydrogen) atoms. The Labute approximate surface area is 240 Å². The fraction of sp³-hybridized carbons (Fsp3) is 0.414. The Bertz CT molecular complexity index is 1280. The molecular formula is C29H34F3N3O7. The highest BCUT2D eigenvalue weighted by Crippen LogP contribution is 2.29. The van der Waals surface area contributed by atoms with Crippen molar-refractivity contribution in [1.29, 1.82) is 0 Å². The third-order valence-corrected chi connectivity index (χ3v) is 6.46. The van der Waals surface area contributed by atoms with Crippen molar-refractivity contribution >= 4 is 35.3 Å². The largest absolute Gasteiger partial charge is 0.490 e. The number of alkyl halides is 3. The number of unbranched alkanes of at least 4 members (excludes halogenated alkanes) is 3. The van der Waals surface area contributed by atoms with Crippen LogP contribution in [0.2, 0.25) is 0 Å². The van der Waals surface area contributed by atoms with Crippen molar-refractivity contribution in [3.8, 4) is 0 Å². The topological polar surface area (TPSA) is 158 Å². The number of carbonyl (C=O) groups is 5. The monoisotopic (exact) mass is 593 g/mol. The summed E-state index contributed by atoms with van der Waals surface area (Å²) in [5.41, 5.74) is 8.35. The standard InChI is InChI=1S/C27H33N3O5.C2HF3O2/c1-2-19-8-11-21(12-9-19)26(34)30-23-13-10-20(7-5-3-4-6-15-28)17-22(23)27(35)29(18-24(30)31)16-14-25(32)33;3-2(4,5)1(6)7/h8-13,17H,2-7,14-16,18,28H2,1H3,(H,32,33);(H,6,7). The molecule has 0 bridgehead atoms. The van der Waals surface area contributed by atoms with Gasteiger partial charge in [0.05, 0.1) is 17.7 Å². The average molecular weight is 594 g/mol. The second kappa shape index (κ2) is 15.7. The van der Waals surface area contributed by atoms with Gasteiger partial charge in [-0.1, -0.05) is 38.0 Å². The van der Waals surface area contributed by atoms with Gasteiger partial charge >= 0.3 is 18.1 Å². The number of benzene rings is 2. The van der Waals surface area contributed by atoms with E-state index in [1.165, 1.54) is 4.90 Å². The first-order valence-corrected chi connectivity index (χ1v) is 13.4. The number of imide groups is 1. The number of hydrogen-bond donors (Lipinski definition) is 3. The van der Waals surface area contributed by atoms with E-state index in [9.17, 15) is 32.3 Å². The molecule has 0 unspecified atom stereocenters. The fourth-order valence-corrected chi connectivity index (χ4v) is 4.19. The molecule has 1 heterocycles. The maximum atomic E-state index is 13.4. The van der Waals surface area contributed by atoms with Crippen molar-refractivity contribution in [2.24, 2.45) is 5.73 Å². The number of hydrogen-bond acceptors (Lipinski definition) is 6. The second-order valence-electron chi connectivity index (χ2n) is 9.56. The Hall–Kier alpha value is -4.26. The van der Waals surface area contributed by atoms with Crippen LogP contribution in [0.15, 0.2) is 42.5 Å². The number of amides is 3. The number of carboxylic acid groups (broad SMARTS) is 2. The minimum atomic E-state index is -5.08. The molecule has 1 aliphatic rings. The van der Waals surface area contributed by atoms with Crippen LogP contribution in [-0.2, 0) is 27.2 Å². The van der Waals surface area contributed by atoms with Crippen LogP contribution in [-0.4, -0.2) is 70.6 Å². The lowest BCUT2D eigenvalue weighted by Gasteiger charge is -2.21. The Balaban J connectivity index is 0.000000782. The number of aliphatic carboxylic acids is 2. The zero-order valence-electron chi connectivity index (χ0n) is 23.2. The van der Waals surface area contributed by atoms with E-state index >= 15 is 0 Å². The molecule has 0 fully saturated rings. The lowest BCUT2D eigenvalue weighted by molar-refractivity contribution is -0.192. The zero-order valence-corrected chi connectivity index (χ0v) is 23.2. The van der Waals surface area contributed by atoms with Gasteiger partial charge < -0.3 is 20.8 Å². The number of carboxylic acids is 2. The summed E-state index contributed by atoms with van der Waals surface area (Å²) in [6, 6.07) is 12.3. The third-order valence-electron chi connectivity index (χ3n) is 6.46. The average Bonchev–Trinajstić information content (AvgIpc) is 3.04. The lowest BCUT2D eigenvalue weighted by Crippen LogP contribution is -2.42. The molecule has 10 nitrogen and oxygen atoms in total. The molecule has 1 aliphatic heterocycles. The van der Waals surface area contributed by atoms with Gasteiger partial charge in [0, 0.05) is 12.1 Å². The lowest BCUT2D eigenvalue weighted by atomic mass is 10.0. The first-order valence-electron chi connectivity index (χ1n) is 13.4. The zero-order chi connectivity index (χ0) is 31.4. The van der Waals surface area contributed by atoms with Crippen LogP contribution in [0.4, 0.5) is 18.9 Å². The van der Waals surface area contributed by atoms with Crippen molar-refractivity contribution in [2.75, 3.05) is 24.5 Å². The van der Waals surface area contributed by atoms with Gasteiger partial charge in [-0.25, -0.2) is 9.69 Å². The highest BCUT2D eigenvalue weighted by atomic mass is 19.4. The molecule has 0 spiro atoms. The summed E-state index contributed by atoms with van der Waals surface area (Å²) < 4.78 is 31.7. The highest BCUT2D eigenvalue weighted by Gasteiger charge is 2.38. The van der Waals surface area contributed by atoms with Crippen LogP contribution in [0, 0.1) is 0 Å². The van der Waals surface area contributed by atoms with E-state index in [1.54, 1.807) is 24.3 Å². The van der Waals surface area contributed by atoms with E-state index in [4.69, 9.17) is 20.7 Å². The van der Waals surface area contributed by atoms with E-state index in [2.05, 4.69) is 0 Å². The molecule has 3 rings (SSSR count). The number of nitrogens with zero attached hydrogens (tertiary/aromatic N) is 2. The number of halogens is 3. The van der Waals surface area contributed by atoms with E-state index in [1.807, 2.05) is 25.1 Å². The van der Waals surface area contributed by atoms with Gasteiger partial charge in [-0.3, -0.25) is 19.2 Å². The minimum Gasteiger partial charge on any atom is -0.481 e. The first-order chi connectivity index (χ1) is 19.8. The maximum absolute atomic E-state index is 13.4. The summed E-state index contributed by atoms with van der Waals surface area (Å²) in [6.45, 7) is 2.20. The van der Waals surface area contributed by atoms with Gasteiger partial charge in [0.1, 0.15) is 6.54 Å². The predicted octanol–water partition coefficient (Wildman–Crippen LogP) is 4.05. The molecule has 13 heteroatoms. The quantitative estimate of drug-likeness (QED) is 0.260. The maximum Gasteiger partial charge on any atom is 0.490 e. The summed E-state index contributed by atoms with van der Waals surface area (Å²) in [6.07, 6.45) is 0.158. The van der Waals surface area contributed by atoms with Crippen molar-refractivity contribution in [1.82, 2.24) is 4.90 Å². The van der Waals surface area contributed by atoms with E-state index in [0.29, 0.717) is 12.1 Å². The summed E-state index contributed by atoms with van der Waals surface area (Å²) in [7, 11) is 0. The van der Waals surface area contributed by atoms with Gasteiger partial charge in [-0.2, -0.15) is 13.2 Å². The second-order valence-corrected chi connectivity index (χ2v) is 9.56. The molecule has 0 aliphatic carbocycles. The Kier molecular flexibility index (Phi) is 12.7. The summed E-state index contributed by atoms with van der Waals surface area (Å²) in [5, 5.41) is 16.2. The van der Waals surface area contributed by atoms with Crippen LogP contribution in [0.5, 0.6) is 0 Å². The summed E-state index contributed by atoms with van der Waals surface area (Å²) >= 11 is 0. The molecule has 0 aromatic heterocycles. The number of carbonyl (C=O) groups excluding carboxylic acids is 3. The summed E-state index contributed by atoms with van der Waals surface area (Å²) in [4.78, 5) is 62.3. The minimum absolute atomic E-state index is 0.115. The number of rotatable bonds is 11. The fourth-order valence-electron chi connectivity index (χ4n) is 4.19. The van der Waals surface area contributed by atoms with Gasteiger partial charge in [-0.15, -0.1) is 0 Å². The highest BCUT2D eigenvalue weighted by molar-refractivity contribution is 6.25. The van der Waals surface area contributed by atoms with Gasteiger partial charge in [0.25, 0.3) is 17.7 Å². The van der Waals surface area contributed by atoms with E-state index < -0.39 is 35.8 Å². The molecule has 2 aromatic rings. The smallest absolute Gasteiger partial charge is 0.481 e. The van der Waals surface area contributed by atoms with Crippen LogP contribution in [0.25, 0.3) is 0 Å². The van der Waals surface area contributed by atoms with Crippen molar-refractivity contribution < 1.29 is 47.4 Å².